The topological polar surface area (TPSA) is 63.3 Å². The second-order valence-corrected chi connectivity index (χ2v) is 7.50. The number of carbonyl (C=O) groups is 1. The molecule has 1 aromatic rings. The van der Waals surface area contributed by atoms with E-state index in [9.17, 15) is 9.90 Å². The van der Waals surface area contributed by atoms with Gasteiger partial charge in [0.15, 0.2) is 0 Å². The number of anilines is 1. The van der Waals surface area contributed by atoms with E-state index < -0.39 is 5.97 Å². The molecule has 3 nitrogen and oxygen atoms in total. The van der Waals surface area contributed by atoms with E-state index in [0.29, 0.717) is 5.56 Å². The van der Waals surface area contributed by atoms with E-state index in [1.807, 2.05) is 0 Å². The molecule has 0 aliphatic rings. The van der Waals surface area contributed by atoms with Gasteiger partial charge in [-0.1, -0.05) is 78.1 Å². The molecule has 1 aromatic carbocycles. The number of hydrogen-bond donors (Lipinski definition) is 2. The van der Waals surface area contributed by atoms with Crippen LogP contribution in [0, 0.1) is 0 Å². The molecule has 26 heavy (non-hydrogen) atoms. The second-order valence-electron chi connectivity index (χ2n) is 7.50. The zero-order chi connectivity index (χ0) is 19.2. The van der Waals surface area contributed by atoms with Gasteiger partial charge in [-0.25, -0.2) is 4.79 Å². The standard InChI is InChI=1S/C23H39NO2/c1-3-5-7-9-11-13-15-19-20(16-14-12-10-8-6-4-2)22(24)18-17-21(19)23(25)26/h17-18H,3-16,24H2,1-2H3,(H,25,26). The van der Waals surface area contributed by atoms with E-state index >= 15 is 0 Å². The van der Waals surface area contributed by atoms with Crippen LogP contribution < -0.4 is 5.73 Å². The molecular weight excluding hydrogens is 322 g/mol. The van der Waals surface area contributed by atoms with Crippen molar-refractivity contribution in [2.75, 3.05) is 5.73 Å². The highest BCUT2D eigenvalue weighted by atomic mass is 16.4. The predicted molar refractivity (Wildman–Crippen MR) is 112 cm³/mol. The zero-order valence-corrected chi connectivity index (χ0v) is 17.0. The van der Waals surface area contributed by atoms with Gasteiger partial charge in [0, 0.05) is 5.69 Å². The monoisotopic (exact) mass is 361 g/mol. The highest BCUT2D eigenvalue weighted by molar-refractivity contribution is 5.90. The average molecular weight is 362 g/mol. The van der Waals surface area contributed by atoms with Crippen molar-refractivity contribution >= 4 is 11.7 Å². The Morgan fingerprint density at radius 3 is 1.73 bits per heavy atom. The van der Waals surface area contributed by atoms with E-state index in [-0.39, 0.29) is 0 Å². The Bertz CT molecular complexity index is 525. The largest absolute Gasteiger partial charge is 0.478 e. The molecule has 0 radical (unpaired) electrons. The first-order valence-electron chi connectivity index (χ1n) is 10.7. The summed E-state index contributed by atoms with van der Waals surface area (Å²) in [4.78, 5) is 11.7. The molecule has 0 saturated carbocycles. The number of benzene rings is 1. The van der Waals surface area contributed by atoms with Gasteiger partial charge in [-0.05, 0) is 48.9 Å². The van der Waals surface area contributed by atoms with Crippen LogP contribution in [0.3, 0.4) is 0 Å². The Hall–Kier alpha value is -1.51. The summed E-state index contributed by atoms with van der Waals surface area (Å²) in [5.74, 6) is -0.824. The fourth-order valence-electron chi connectivity index (χ4n) is 3.66. The number of carboxylic acids is 1. The van der Waals surface area contributed by atoms with Crippen molar-refractivity contribution in [3.63, 3.8) is 0 Å². The van der Waals surface area contributed by atoms with Crippen LogP contribution in [0.1, 0.15) is 112 Å². The van der Waals surface area contributed by atoms with Crippen LogP contribution in [0.2, 0.25) is 0 Å². The number of nitrogen functional groups attached to an aromatic ring is 1. The van der Waals surface area contributed by atoms with Crippen LogP contribution in [-0.4, -0.2) is 11.1 Å². The Morgan fingerprint density at radius 2 is 1.23 bits per heavy atom. The van der Waals surface area contributed by atoms with Gasteiger partial charge in [0.1, 0.15) is 0 Å². The molecule has 0 unspecified atom stereocenters. The minimum Gasteiger partial charge on any atom is -0.478 e. The molecule has 0 aliphatic carbocycles. The maximum absolute atomic E-state index is 11.7. The molecule has 0 saturated heterocycles. The molecule has 0 fully saturated rings. The van der Waals surface area contributed by atoms with Crippen molar-refractivity contribution in [1.82, 2.24) is 0 Å². The van der Waals surface area contributed by atoms with Crippen LogP contribution in [0.25, 0.3) is 0 Å². The third-order valence-electron chi connectivity index (χ3n) is 5.26. The molecule has 0 spiro atoms. The average Bonchev–Trinajstić information content (AvgIpc) is 2.62. The van der Waals surface area contributed by atoms with Gasteiger partial charge in [-0.3, -0.25) is 0 Å². The number of hydrogen-bond acceptors (Lipinski definition) is 2. The van der Waals surface area contributed by atoms with E-state index in [1.54, 1.807) is 12.1 Å². The molecule has 148 valence electrons. The van der Waals surface area contributed by atoms with Crippen molar-refractivity contribution in [2.24, 2.45) is 0 Å². The lowest BCUT2D eigenvalue weighted by Gasteiger charge is -2.15. The normalized spacial score (nSPS) is 11.0. The van der Waals surface area contributed by atoms with Gasteiger partial charge >= 0.3 is 5.97 Å². The molecule has 0 atom stereocenters. The molecule has 0 heterocycles. The summed E-state index contributed by atoms with van der Waals surface area (Å²) in [7, 11) is 0. The lowest BCUT2D eigenvalue weighted by molar-refractivity contribution is 0.0695. The smallest absolute Gasteiger partial charge is 0.335 e. The van der Waals surface area contributed by atoms with Crippen molar-refractivity contribution in [1.29, 1.82) is 0 Å². The predicted octanol–water partition coefficient (Wildman–Crippen LogP) is 6.77. The van der Waals surface area contributed by atoms with E-state index in [4.69, 9.17) is 5.73 Å². The van der Waals surface area contributed by atoms with Crippen LogP contribution in [0.15, 0.2) is 12.1 Å². The molecular formula is C23H39NO2. The lowest BCUT2D eigenvalue weighted by Crippen LogP contribution is -2.09. The molecule has 3 N–H and O–H groups in total. The highest BCUT2D eigenvalue weighted by Crippen LogP contribution is 2.26. The number of unbranched alkanes of at least 4 members (excludes halogenated alkanes) is 10. The van der Waals surface area contributed by atoms with Crippen LogP contribution in [-0.2, 0) is 12.8 Å². The first-order valence-corrected chi connectivity index (χ1v) is 10.7. The lowest BCUT2D eigenvalue weighted by atomic mass is 9.91. The molecule has 0 aliphatic heterocycles. The number of carboxylic acid groups (broad SMARTS) is 1. The maximum Gasteiger partial charge on any atom is 0.335 e. The third-order valence-corrected chi connectivity index (χ3v) is 5.26. The Morgan fingerprint density at radius 1 is 0.769 bits per heavy atom. The van der Waals surface area contributed by atoms with Gasteiger partial charge in [0.2, 0.25) is 0 Å². The summed E-state index contributed by atoms with van der Waals surface area (Å²) in [5, 5.41) is 9.58. The zero-order valence-electron chi connectivity index (χ0n) is 17.0. The summed E-state index contributed by atoms with van der Waals surface area (Å²) in [6.45, 7) is 4.45. The third kappa shape index (κ3) is 8.25. The van der Waals surface area contributed by atoms with E-state index in [2.05, 4.69) is 13.8 Å². The summed E-state index contributed by atoms with van der Waals surface area (Å²) in [6, 6.07) is 3.47. The van der Waals surface area contributed by atoms with Crippen molar-refractivity contribution < 1.29 is 9.90 Å². The molecule has 0 amide bonds. The maximum atomic E-state index is 11.7. The molecule has 1 rings (SSSR count). The fourth-order valence-corrected chi connectivity index (χ4v) is 3.66. The minimum absolute atomic E-state index is 0.453. The van der Waals surface area contributed by atoms with Gasteiger partial charge in [-0.2, -0.15) is 0 Å². The Balaban J connectivity index is 2.67. The number of aromatic carboxylic acids is 1. The summed E-state index contributed by atoms with van der Waals surface area (Å²) in [6.07, 6.45) is 16.5. The number of nitrogens with two attached hydrogens (primary N) is 1. The van der Waals surface area contributed by atoms with Crippen molar-refractivity contribution in [3.05, 3.63) is 28.8 Å². The number of rotatable bonds is 15. The fraction of sp³-hybridized carbons (Fsp3) is 0.696. The van der Waals surface area contributed by atoms with Gasteiger partial charge in [-0.15, -0.1) is 0 Å². The summed E-state index contributed by atoms with van der Waals surface area (Å²) < 4.78 is 0. The molecule has 0 aromatic heterocycles. The van der Waals surface area contributed by atoms with Crippen molar-refractivity contribution in [3.8, 4) is 0 Å². The Labute approximate surface area is 160 Å². The van der Waals surface area contributed by atoms with Crippen LogP contribution >= 0.6 is 0 Å². The quantitative estimate of drug-likeness (QED) is 0.267. The first kappa shape index (κ1) is 22.5. The first-order chi connectivity index (χ1) is 12.6. The van der Waals surface area contributed by atoms with Gasteiger partial charge < -0.3 is 10.8 Å². The van der Waals surface area contributed by atoms with Crippen LogP contribution in [0.5, 0.6) is 0 Å². The molecule has 3 heteroatoms. The van der Waals surface area contributed by atoms with Crippen LogP contribution in [0.4, 0.5) is 5.69 Å². The summed E-state index contributed by atoms with van der Waals surface area (Å²) >= 11 is 0. The Kier molecular flexibility index (Phi) is 11.8. The molecule has 0 bridgehead atoms. The van der Waals surface area contributed by atoms with Crippen molar-refractivity contribution in [2.45, 2.75) is 104 Å². The SMILES string of the molecule is CCCCCCCCc1c(N)ccc(C(=O)O)c1CCCCCCCC. The van der Waals surface area contributed by atoms with E-state index in [0.717, 1.165) is 42.5 Å². The second kappa shape index (κ2) is 13.7. The minimum atomic E-state index is -0.824. The summed E-state index contributed by atoms with van der Waals surface area (Å²) in [5.41, 5.74) is 9.53. The van der Waals surface area contributed by atoms with E-state index in [1.165, 1.54) is 64.2 Å². The van der Waals surface area contributed by atoms with Gasteiger partial charge in [0.25, 0.3) is 0 Å². The highest BCUT2D eigenvalue weighted by Gasteiger charge is 2.16. The van der Waals surface area contributed by atoms with Gasteiger partial charge in [0.05, 0.1) is 5.56 Å².